The van der Waals surface area contributed by atoms with Gasteiger partial charge in [0, 0.05) is 5.56 Å². The number of benzene rings is 2. The Bertz CT molecular complexity index is 728. The van der Waals surface area contributed by atoms with Crippen LogP contribution in [0.15, 0.2) is 46.9 Å². The smallest absolute Gasteiger partial charge is 0.338 e. The molecule has 2 rings (SSSR count). The van der Waals surface area contributed by atoms with E-state index in [0.29, 0.717) is 28.1 Å². The molecule has 0 saturated heterocycles. The van der Waals surface area contributed by atoms with Crippen molar-refractivity contribution in [3.8, 4) is 11.5 Å². The summed E-state index contributed by atoms with van der Waals surface area (Å²) in [6.07, 6.45) is 0. The average Bonchev–Trinajstić information content (AvgIpc) is 2.60. The summed E-state index contributed by atoms with van der Waals surface area (Å²) in [5.41, 5.74) is 0.767. The number of methoxy groups -OCH3 is 1. The predicted octanol–water partition coefficient (Wildman–Crippen LogP) is 3.90. The molecule has 0 unspecified atom stereocenters. The lowest BCUT2D eigenvalue weighted by Crippen LogP contribution is -2.14. The molecule has 0 bridgehead atoms. The minimum Gasteiger partial charge on any atom is -0.492 e. The highest BCUT2D eigenvalue weighted by molar-refractivity contribution is 9.10. The first-order chi connectivity index (χ1) is 11.6. The first kappa shape index (κ1) is 18.0. The van der Waals surface area contributed by atoms with Gasteiger partial charge in [0.05, 0.1) is 23.8 Å². The number of hydrogen-bond donors (Lipinski definition) is 0. The van der Waals surface area contributed by atoms with E-state index in [9.17, 15) is 9.59 Å². The van der Waals surface area contributed by atoms with Crippen LogP contribution in [-0.4, -0.2) is 32.1 Å². The maximum Gasteiger partial charge on any atom is 0.338 e. The van der Waals surface area contributed by atoms with E-state index < -0.39 is 5.97 Å². The SMILES string of the molecule is CCOc1cc(C(=O)OCC(=O)c2ccccc2)cc(Br)c1OC. The third-order valence-electron chi connectivity index (χ3n) is 3.18. The van der Waals surface area contributed by atoms with E-state index >= 15 is 0 Å². The van der Waals surface area contributed by atoms with Gasteiger partial charge in [0.25, 0.3) is 0 Å². The van der Waals surface area contributed by atoms with Crippen LogP contribution < -0.4 is 9.47 Å². The fraction of sp³-hybridized carbons (Fsp3) is 0.222. The maximum absolute atomic E-state index is 12.2. The largest absolute Gasteiger partial charge is 0.492 e. The number of hydrogen-bond acceptors (Lipinski definition) is 5. The molecule has 0 heterocycles. The van der Waals surface area contributed by atoms with Crippen molar-refractivity contribution >= 4 is 27.7 Å². The lowest BCUT2D eigenvalue weighted by molar-refractivity contribution is 0.0474. The van der Waals surface area contributed by atoms with E-state index in [1.807, 2.05) is 13.0 Å². The van der Waals surface area contributed by atoms with Crippen LogP contribution in [0.1, 0.15) is 27.6 Å². The van der Waals surface area contributed by atoms with E-state index in [1.54, 1.807) is 30.3 Å². The zero-order chi connectivity index (χ0) is 17.5. The number of esters is 1. The predicted molar refractivity (Wildman–Crippen MR) is 92.9 cm³/mol. The molecule has 2 aromatic carbocycles. The monoisotopic (exact) mass is 392 g/mol. The van der Waals surface area contributed by atoms with Crippen LogP contribution in [-0.2, 0) is 4.74 Å². The Balaban J connectivity index is 2.11. The lowest BCUT2D eigenvalue weighted by Gasteiger charge is -2.13. The summed E-state index contributed by atoms with van der Waals surface area (Å²) in [6.45, 7) is 1.93. The molecule has 6 heteroatoms. The normalized spacial score (nSPS) is 10.1. The van der Waals surface area contributed by atoms with Gasteiger partial charge in [-0.1, -0.05) is 30.3 Å². The number of carbonyl (C=O) groups is 2. The summed E-state index contributed by atoms with van der Waals surface area (Å²) < 4.78 is 16.4. The van der Waals surface area contributed by atoms with Crippen molar-refractivity contribution in [2.24, 2.45) is 0 Å². The number of carbonyl (C=O) groups excluding carboxylic acids is 2. The van der Waals surface area contributed by atoms with Gasteiger partial charge in [-0.25, -0.2) is 4.79 Å². The van der Waals surface area contributed by atoms with Gasteiger partial charge in [0.1, 0.15) is 0 Å². The molecule has 0 spiro atoms. The summed E-state index contributed by atoms with van der Waals surface area (Å²) >= 11 is 3.33. The summed E-state index contributed by atoms with van der Waals surface area (Å²) in [6, 6.07) is 11.8. The fourth-order valence-electron chi connectivity index (χ4n) is 2.07. The van der Waals surface area contributed by atoms with Gasteiger partial charge in [-0.2, -0.15) is 0 Å². The molecular formula is C18H17BrO5. The molecule has 5 nitrogen and oxygen atoms in total. The molecule has 0 aliphatic rings. The maximum atomic E-state index is 12.2. The Morgan fingerprint density at radius 3 is 2.42 bits per heavy atom. The Kier molecular flexibility index (Phi) is 6.37. The molecule has 0 N–H and O–H groups in total. The topological polar surface area (TPSA) is 61.8 Å². The van der Waals surface area contributed by atoms with Gasteiger partial charge in [-0.3, -0.25) is 4.79 Å². The highest BCUT2D eigenvalue weighted by Gasteiger charge is 2.17. The third kappa shape index (κ3) is 4.35. The average molecular weight is 393 g/mol. The Labute approximate surface area is 148 Å². The van der Waals surface area contributed by atoms with Crippen LogP contribution in [0.3, 0.4) is 0 Å². The molecule has 0 aliphatic carbocycles. The van der Waals surface area contributed by atoms with Gasteiger partial charge in [-0.05, 0) is 35.0 Å². The summed E-state index contributed by atoms with van der Waals surface area (Å²) in [5.74, 6) is 0.0506. The highest BCUT2D eigenvalue weighted by atomic mass is 79.9. The van der Waals surface area contributed by atoms with E-state index in [4.69, 9.17) is 14.2 Å². The molecular weight excluding hydrogens is 376 g/mol. The quantitative estimate of drug-likeness (QED) is 0.528. The number of ketones is 1. The van der Waals surface area contributed by atoms with Crippen molar-refractivity contribution in [2.75, 3.05) is 20.3 Å². The Hall–Kier alpha value is -2.34. The molecule has 126 valence electrons. The molecule has 0 atom stereocenters. The van der Waals surface area contributed by atoms with Gasteiger partial charge >= 0.3 is 5.97 Å². The van der Waals surface area contributed by atoms with Crippen LogP contribution in [0.2, 0.25) is 0 Å². The number of ether oxygens (including phenoxy) is 3. The van der Waals surface area contributed by atoms with Crippen molar-refractivity contribution in [2.45, 2.75) is 6.92 Å². The van der Waals surface area contributed by atoms with Crippen molar-refractivity contribution in [1.29, 1.82) is 0 Å². The molecule has 0 aromatic heterocycles. The van der Waals surface area contributed by atoms with Gasteiger partial charge in [-0.15, -0.1) is 0 Å². The molecule has 0 radical (unpaired) electrons. The van der Waals surface area contributed by atoms with E-state index in [-0.39, 0.29) is 18.0 Å². The lowest BCUT2D eigenvalue weighted by atomic mass is 10.1. The third-order valence-corrected chi connectivity index (χ3v) is 3.77. The zero-order valence-electron chi connectivity index (χ0n) is 13.4. The molecule has 0 fully saturated rings. The van der Waals surface area contributed by atoms with Crippen molar-refractivity contribution in [3.63, 3.8) is 0 Å². The fourth-order valence-corrected chi connectivity index (χ4v) is 2.67. The van der Waals surface area contributed by atoms with Crippen LogP contribution in [0.4, 0.5) is 0 Å². The molecule has 2 aromatic rings. The second-order valence-corrected chi connectivity index (χ2v) is 5.64. The summed E-state index contributed by atoms with van der Waals surface area (Å²) in [5, 5.41) is 0. The highest BCUT2D eigenvalue weighted by Crippen LogP contribution is 2.36. The van der Waals surface area contributed by atoms with E-state index in [2.05, 4.69) is 15.9 Å². The van der Waals surface area contributed by atoms with Crippen LogP contribution in [0, 0.1) is 0 Å². The van der Waals surface area contributed by atoms with Crippen molar-refractivity contribution in [1.82, 2.24) is 0 Å². The van der Waals surface area contributed by atoms with E-state index in [1.165, 1.54) is 13.2 Å². The Morgan fingerprint density at radius 1 is 1.08 bits per heavy atom. The van der Waals surface area contributed by atoms with Crippen molar-refractivity contribution in [3.05, 3.63) is 58.1 Å². The number of halogens is 1. The zero-order valence-corrected chi connectivity index (χ0v) is 15.0. The number of rotatable bonds is 7. The van der Waals surface area contributed by atoms with Crippen LogP contribution in [0.25, 0.3) is 0 Å². The summed E-state index contributed by atoms with van der Waals surface area (Å²) in [7, 11) is 1.51. The molecule has 0 amide bonds. The summed E-state index contributed by atoms with van der Waals surface area (Å²) in [4.78, 5) is 24.2. The van der Waals surface area contributed by atoms with Crippen LogP contribution in [0.5, 0.6) is 11.5 Å². The number of Topliss-reactive ketones (excluding diaryl/α,β-unsaturated/α-hetero) is 1. The first-order valence-electron chi connectivity index (χ1n) is 7.32. The van der Waals surface area contributed by atoms with Gasteiger partial charge in [0.2, 0.25) is 0 Å². The minimum absolute atomic E-state index is 0.262. The van der Waals surface area contributed by atoms with Crippen LogP contribution >= 0.6 is 15.9 Å². The standard InChI is InChI=1S/C18H17BrO5/c1-3-23-16-10-13(9-14(19)17(16)22-2)18(21)24-11-15(20)12-7-5-4-6-8-12/h4-10H,3,11H2,1-2H3. The van der Waals surface area contributed by atoms with E-state index in [0.717, 1.165) is 0 Å². The second kappa shape index (κ2) is 8.49. The van der Waals surface area contributed by atoms with Gasteiger partial charge in [0.15, 0.2) is 23.9 Å². The second-order valence-electron chi connectivity index (χ2n) is 4.79. The first-order valence-corrected chi connectivity index (χ1v) is 8.11. The van der Waals surface area contributed by atoms with Gasteiger partial charge < -0.3 is 14.2 Å². The minimum atomic E-state index is -0.608. The Morgan fingerprint density at radius 2 is 1.79 bits per heavy atom. The molecule has 24 heavy (non-hydrogen) atoms. The molecule has 0 saturated carbocycles. The molecule has 0 aliphatic heterocycles. The van der Waals surface area contributed by atoms with Crippen molar-refractivity contribution < 1.29 is 23.8 Å².